The van der Waals surface area contributed by atoms with E-state index in [1.807, 2.05) is 13.8 Å². The molecule has 0 heterocycles. The molecule has 0 bridgehead atoms. The Balaban J connectivity index is 2.03. The molecule has 0 aliphatic carbocycles. The lowest BCUT2D eigenvalue weighted by molar-refractivity contribution is -0.140. The highest BCUT2D eigenvalue weighted by atomic mass is 32.2. The average molecular weight is 584 g/mol. The van der Waals surface area contributed by atoms with Gasteiger partial charge in [-0.25, -0.2) is 12.8 Å². The van der Waals surface area contributed by atoms with Crippen LogP contribution in [-0.2, 0) is 26.2 Å². The van der Waals surface area contributed by atoms with Gasteiger partial charge in [0.05, 0.1) is 17.7 Å². The first kappa shape index (κ1) is 31.6. The number of rotatable bonds is 14. The Morgan fingerprint density at radius 2 is 1.59 bits per heavy atom. The summed E-state index contributed by atoms with van der Waals surface area (Å²) in [5.41, 5.74) is 1.76. The van der Waals surface area contributed by atoms with Crippen LogP contribution in [0, 0.1) is 12.7 Å². The van der Waals surface area contributed by atoms with Crippen molar-refractivity contribution in [3.8, 4) is 5.75 Å². The SMILES string of the molecule is CCCCNC(=O)C(CC)N(Cc1ccc(F)cc1)C(=O)CN(c1ccc(OC)cc1)S(=O)(=O)c1ccc(C)cc1. The van der Waals surface area contributed by atoms with Crippen molar-refractivity contribution in [3.63, 3.8) is 0 Å². The molecule has 0 aliphatic heterocycles. The van der Waals surface area contributed by atoms with Crippen LogP contribution in [0.25, 0.3) is 0 Å². The number of unbranched alkanes of at least 4 members (excludes halogenated alkanes) is 1. The number of anilines is 1. The van der Waals surface area contributed by atoms with Crippen LogP contribution in [0.4, 0.5) is 10.1 Å². The summed E-state index contributed by atoms with van der Waals surface area (Å²) < 4.78 is 47.7. The third kappa shape index (κ3) is 8.29. The van der Waals surface area contributed by atoms with Gasteiger partial charge in [0.2, 0.25) is 11.8 Å². The Kier molecular flexibility index (Phi) is 11.3. The number of amides is 2. The molecule has 41 heavy (non-hydrogen) atoms. The molecule has 1 atom stereocenters. The van der Waals surface area contributed by atoms with Gasteiger partial charge in [0.1, 0.15) is 24.2 Å². The number of methoxy groups -OCH3 is 1. The molecule has 3 aromatic carbocycles. The summed E-state index contributed by atoms with van der Waals surface area (Å²) in [5.74, 6) is -0.793. The molecule has 0 saturated heterocycles. The summed E-state index contributed by atoms with van der Waals surface area (Å²) >= 11 is 0. The van der Waals surface area contributed by atoms with Crippen LogP contribution in [0.1, 0.15) is 44.2 Å². The minimum atomic E-state index is -4.17. The van der Waals surface area contributed by atoms with Crippen molar-refractivity contribution in [2.45, 2.75) is 57.5 Å². The molecular formula is C31H38FN3O5S. The molecule has 2 amide bonds. The van der Waals surface area contributed by atoms with Gasteiger partial charge in [0.15, 0.2) is 0 Å². The number of benzene rings is 3. The van der Waals surface area contributed by atoms with Crippen LogP contribution in [0.5, 0.6) is 5.75 Å². The minimum Gasteiger partial charge on any atom is -0.497 e. The van der Waals surface area contributed by atoms with Crippen LogP contribution >= 0.6 is 0 Å². The van der Waals surface area contributed by atoms with Crippen molar-refractivity contribution in [2.75, 3.05) is 24.5 Å². The van der Waals surface area contributed by atoms with Gasteiger partial charge in [0.25, 0.3) is 10.0 Å². The quantitative estimate of drug-likeness (QED) is 0.268. The van der Waals surface area contributed by atoms with E-state index >= 15 is 0 Å². The van der Waals surface area contributed by atoms with E-state index in [1.54, 1.807) is 55.5 Å². The van der Waals surface area contributed by atoms with Gasteiger partial charge in [-0.05, 0) is 73.9 Å². The van der Waals surface area contributed by atoms with E-state index in [9.17, 15) is 22.4 Å². The second kappa shape index (κ2) is 14.6. The molecule has 0 aromatic heterocycles. The lowest BCUT2D eigenvalue weighted by Crippen LogP contribution is -2.52. The Hall–Kier alpha value is -3.92. The lowest BCUT2D eigenvalue weighted by Gasteiger charge is -2.33. The van der Waals surface area contributed by atoms with E-state index in [1.165, 1.54) is 36.3 Å². The molecule has 0 spiro atoms. The number of aryl methyl sites for hydroxylation is 1. The van der Waals surface area contributed by atoms with Crippen molar-refractivity contribution in [1.82, 2.24) is 10.2 Å². The van der Waals surface area contributed by atoms with Crippen LogP contribution in [0.15, 0.2) is 77.7 Å². The smallest absolute Gasteiger partial charge is 0.264 e. The van der Waals surface area contributed by atoms with Crippen LogP contribution < -0.4 is 14.4 Å². The third-order valence-electron chi connectivity index (χ3n) is 6.73. The summed E-state index contributed by atoms with van der Waals surface area (Å²) in [4.78, 5) is 28.6. The summed E-state index contributed by atoms with van der Waals surface area (Å²) in [7, 11) is -2.67. The number of ether oxygens (including phenoxy) is 1. The first-order valence-corrected chi connectivity index (χ1v) is 15.1. The van der Waals surface area contributed by atoms with E-state index in [4.69, 9.17) is 4.74 Å². The van der Waals surface area contributed by atoms with Crippen LogP contribution in [0.3, 0.4) is 0 Å². The Morgan fingerprint density at radius 3 is 2.15 bits per heavy atom. The topological polar surface area (TPSA) is 96.0 Å². The lowest BCUT2D eigenvalue weighted by atomic mass is 10.1. The summed E-state index contributed by atoms with van der Waals surface area (Å²) in [6, 6.07) is 17.5. The Morgan fingerprint density at radius 1 is 0.951 bits per heavy atom. The van der Waals surface area contributed by atoms with Gasteiger partial charge in [0, 0.05) is 13.1 Å². The first-order chi connectivity index (χ1) is 19.6. The third-order valence-corrected chi connectivity index (χ3v) is 8.52. The van der Waals surface area contributed by atoms with E-state index in [0.717, 1.165) is 22.7 Å². The van der Waals surface area contributed by atoms with Gasteiger partial charge >= 0.3 is 0 Å². The number of nitrogens with zero attached hydrogens (tertiary/aromatic N) is 2. The summed E-state index contributed by atoms with van der Waals surface area (Å²) in [6.07, 6.45) is 1.98. The maximum atomic E-state index is 14.0. The van der Waals surface area contributed by atoms with E-state index in [2.05, 4.69) is 5.32 Å². The number of nitrogens with one attached hydrogen (secondary N) is 1. The van der Waals surface area contributed by atoms with Crippen molar-refractivity contribution < 1.29 is 27.1 Å². The van der Waals surface area contributed by atoms with Crippen molar-refractivity contribution in [3.05, 3.63) is 89.7 Å². The molecule has 0 radical (unpaired) electrons. The van der Waals surface area contributed by atoms with Crippen molar-refractivity contribution in [2.24, 2.45) is 0 Å². The molecule has 220 valence electrons. The maximum absolute atomic E-state index is 14.0. The predicted molar refractivity (Wildman–Crippen MR) is 158 cm³/mol. The van der Waals surface area contributed by atoms with Gasteiger partial charge in [-0.2, -0.15) is 0 Å². The fourth-order valence-electron chi connectivity index (χ4n) is 4.33. The number of hydrogen-bond acceptors (Lipinski definition) is 5. The van der Waals surface area contributed by atoms with Gasteiger partial charge in [-0.3, -0.25) is 13.9 Å². The fourth-order valence-corrected chi connectivity index (χ4v) is 5.74. The predicted octanol–water partition coefficient (Wildman–Crippen LogP) is 5.06. The Labute approximate surface area is 242 Å². The highest BCUT2D eigenvalue weighted by Crippen LogP contribution is 2.27. The van der Waals surface area contributed by atoms with Crippen LogP contribution in [0.2, 0.25) is 0 Å². The van der Waals surface area contributed by atoms with Crippen molar-refractivity contribution >= 4 is 27.5 Å². The van der Waals surface area contributed by atoms with Gasteiger partial charge in [-0.1, -0.05) is 50.1 Å². The fraction of sp³-hybridized carbons (Fsp3) is 0.355. The first-order valence-electron chi connectivity index (χ1n) is 13.7. The molecule has 3 rings (SSSR count). The Bertz CT molecular complexity index is 1400. The second-order valence-corrected chi connectivity index (χ2v) is 11.6. The number of carbonyl (C=O) groups is 2. The zero-order valence-electron chi connectivity index (χ0n) is 24.0. The number of hydrogen-bond donors (Lipinski definition) is 1. The largest absolute Gasteiger partial charge is 0.497 e. The van der Waals surface area contributed by atoms with Gasteiger partial charge < -0.3 is 15.0 Å². The monoisotopic (exact) mass is 583 g/mol. The zero-order chi connectivity index (χ0) is 30.0. The molecule has 1 N–H and O–H groups in total. The molecule has 0 aliphatic rings. The van der Waals surface area contributed by atoms with E-state index < -0.39 is 34.3 Å². The van der Waals surface area contributed by atoms with E-state index in [-0.39, 0.29) is 23.0 Å². The zero-order valence-corrected chi connectivity index (χ0v) is 24.8. The highest BCUT2D eigenvalue weighted by Gasteiger charge is 2.33. The number of carbonyl (C=O) groups excluding carboxylic acids is 2. The second-order valence-electron chi connectivity index (χ2n) is 9.74. The average Bonchev–Trinajstić information content (AvgIpc) is 2.97. The number of halogens is 1. The van der Waals surface area contributed by atoms with Crippen molar-refractivity contribution in [1.29, 1.82) is 0 Å². The van der Waals surface area contributed by atoms with E-state index in [0.29, 0.717) is 24.3 Å². The minimum absolute atomic E-state index is 0.000149. The molecule has 3 aromatic rings. The molecular weight excluding hydrogens is 545 g/mol. The summed E-state index contributed by atoms with van der Waals surface area (Å²) in [6.45, 7) is 5.56. The van der Waals surface area contributed by atoms with Crippen LogP contribution in [-0.4, -0.2) is 51.4 Å². The summed E-state index contributed by atoms with van der Waals surface area (Å²) in [5, 5.41) is 2.89. The molecule has 0 fully saturated rings. The molecule has 1 unspecified atom stereocenters. The highest BCUT2D eigenvalue weighted by molar-refractivity contribution is 7.92. The molecule has 10 heteroatoms. The molecule has 0 saturated carbocycles. The maximum Gasteiger partial charge on any atom is 0.264 e. The molecule has 8 nitrogen and oxygen atoms in total. The normalized spacial score (nSPS) is 11.9. The number of sulfonamides is 1. The van der Waals surface area contributed by atoms with Gasteiger partial charge in [-0.15, -0.1) is 0 Å². The standard InChI is InChI=1S/C31H38FN3O5S/c1-5-7-20-33-31(37)29(6-2)34(21-24-10-12-25(32)13-11-24)30(36)22-35(26-14-16-27(40-4)17-15-26)41(38,39)28-18-8-23(3)9-19-28/h8-19,29H,5-7,20-22H2,1-4H3,(H,33,37).